The van der Waals surface area contributed by atoms with Crippen molar-refractivity contribution in [3.05, 3.63) is 77.9 Å². The molecule has 1 aromatic heterocycles. The second-order valence-electron chi connectivity index (χ2n) is 11.8. The SMILES string of the molecule is CC(=O)c1nc(C)c(C(O[SiH](c2ccccc2)c2ccccc2)C(C)(C)C)n1COCC[Si](C)(C)C. The molecule has 7 heteroatoms. The molecule has 1 heterocycles. The Morgan fingerprint density at radius 2 is 1.53 bits per heavy atom. The van der Waals surface area contributed by atoms with Gasteiger partial charge in [0, 0.05) is 21.6 Å². The lowest BCUT2D eigenvalue weighted by molar-refractivity contribution is 0.0527. The maximum Gasteiger partial charge on any atom is 0.240 e. The van der Waals surface area contributed by atoms with Crippen molar-refractivity contribution >= 4 is 33.3 Å². The summed E-state index contributed by atoms with van der Waals surface area (Å²) >= 11 is 0. The van der Waals surface area contributed by atoms with Crippen LogP contribution in [0.4, 0.5) is 0 Å². The number of hydrogen-bond acceptors (Lipinski definition) is 4. The average molecular weight is 523 g/mol. The number of rotatable bonds is 11. The fourth-order valence-corrected chi connectivity index (χ4v) is 7.68. The van der Waals surface area contributed by atoms with Crippen molar-refractivity contribution in [2.45, 2.75) is 73.1 Å². The zero-order valence-electron chi connectivity index (χ0n) is 23.2. The molecular weight excluding hydrogens is 481 g/mol. The summed E-state index contributed by atoms with van der Waals surface area (Å²) in [6.45, 7) is 18.1. The number of ketones is 1. The molecule has 194 valence electrons. The molecule has 0 fully saturated rings. The Labute approximate surface area is 219 Å². The number of Topliss-reactive ketones (excluding diaryl/α,β-unsaturated/α-hetero) is 1. The van der Waals surface area contributed by atoms with Gasteiger partial charge in [0.15, 0.2) is 11.6 Å². The van der Waals surface area contributed by atoms with Gasteiger partial charge in [-0.05, 0) is 28.8 Å². The molecule has 5 nitrogen and oxygen atoms in total. The monoisotopic (exact) mass is 522 g/mol. The lowest BCUT2D eigenvalue weighted by Crippen LogP contribution is -2.47. The molecule has 0 aliphatic carbocycles. The fraction of sp³-hybridized carbons (Fsp3) is 0.448. The zero-order chi connectivity index (χ0) is 26.5. The van der Waals surface area contributed by atoms with Gasteiger partial charge in [-0.1, -0.05) is 101 Å². The highest BCUT2D eigenvalue weighted by molar-refractivity contribution is 6.80. The highest BCUT2D eigenvalue weighted by atomic mass is 28.3. The molecule has 0 bridgehead atoms. The molecule has 0 aliphatic rings. The molecule has 0 radical (unpaired) electrons. The first-order chi connectivity index (χ1) is 16.9. The summed E-state index contributed by atoms with van der Waals surface area (Å²) in [6, 6.07) is 22.1. The van der Waals surface area contributed by atoms with Crippen molar-refractivity contribution in [2.24, 2.45) is 5.41 Å². The van der Waals surface area contributed by atoms with E-state index in [0.29, 0.717) is 19.2 Å². The number of benzene rings is 2. The van der Waals surface area contributed by atoms with Crippen LogP contribution in [-0.4, -0.2) is 39.1 Å². The number of nitrogens with zero attached hydrogens (tertiary/aromatic N) is 2. The zero-order valence-corrected chi connectivity index (χ0v) is 25.3. The van der Waals surface area contributed by atoms with E-state index < -0.39 is 17.1 Å². The van der Waals surface area contributed by atoms with Crippen molar-refractivity contribution in [1.29, 1.82) is 0 Å². The Morgan fingerprint density at radius 1 is 1.00 bits per heavy atom. The molecule has 0 aliphatic heterocycles. The third-order valence-corrected chi connectivity index (χ3v) is 10.5. The normalized spacial score (nSPS) is 13.2. The molecule has 0 saturated heterocycles. The number of aryl methyl sites for hydroxylation is 1. The fourth-order valence-electron chi connectivity index (χ4n) is 4.27. The Morgan fingerprint density at radius 3 is 1.97 bits per heavy atom. The minimum absolute atomic E-state index is 0.0641. The lowest BCUT2D eigenvalue weighted by atomic mass is 9.86. The molecule has 0 spiro atoms. The van der Waals surface area contributed by atoms with Gasteiger partial charge in [0.05, 0.1) is 17.5 Å². The molecule has 0 saturated carbocycles. The van der Waals surface area contributed by atoms with E-state index in [1.807, 2.05) is 23.6 Å². The summed E-state index contributed by atoms with van der Waals surface area (Å²) < 4.78 is 15.3. The Hall–Kier alpha value is -2.33. The van der Waals surface area contributed by atoms with Crippen molar-refractivity contribution in [3.8, 4) is 0 Å². The molecule has 3 aromatic rings. The number of aromatic nitrogens is 2. The standard InChI is InChI=1S/C29H42N2O3Si2/c1-22-26(31(28(30-22)23(2)32)21-33-19-20-36(6,7)8)27(29(3,4)5)34-35(24-15-11-9-12-16-24)25-17-13-10-14-18-25/h9-18,27,35H,19-21H2,1-8H3. The molecular formula is C29H42N2O3Si2. The van der Waals surface area contributed by atoms with Gasteiger partial charge in [-0.25, -0.2) is 4.98 Å². The molecule has 36 heavy (non-hydrogen) atoms. The van der Waals surface area contributed by atoms with E-state index in [4.69, 9.17) is 14.1 Å². The number of ether oxygens (including phenoxy) is 1. The van der Waals surface area contributed by atoms with Crippen molar-refractivity contribution < 1.29 is 14.0 Å². The Bertz CT molecular complexity index is 1090. The van der Waals surface area contributed by atoms with Crippen LogP contribution in [0, 0.1) is 12.3 Å². The van der Waals surface area contributed by atoms with Crippen LogP contribution in [0.3, 0.4) is 0 Å². The average Bonchev–Trinajstić information content (AvgIpc) is 3.13. The van der Waals surface area contributed by atoms with Crippen LogP contribution in [0.1, 0.15) is 55.8 Å². The number of carbonyl (C=O) groups excluding carboxylic acids is 1. The first-order valence-corrected chi connectivity index (χ1v) is 18.1. The van der Waals surface area contributed by atoms with Crippen LogP contribution in [0.2, 0.25) is 25.7 Å². The summed E-state index contributed by atoms with van der Waals surface area (Å²) in [5.74, 6) is 0.372. The predicted octanol–water partition coefficient (Wildman–Crippen LogP) is 5.35. The van der Waals surface area contributed by atoms with Gasteiger partial charge in [0.2, 0.25) is 9.04 Å². The summed E-state index contributed by atoms with van der Waals surface area (Å²) in [4.78, 5) is 17.3. The third kappa shape index (κ3) is 7.35. The molecule has 0 N–H and O–H groups in total. The largest absolute Gasteiger partial charge is 0.402 e. The summed E-state index contributed by atoms with van der Waals surface area (Å²) in [5, 5.41) is 2.44. The van der Waals surface area contributed by atoms with Crippen LogP contribution in [0.15, 0.2) is 60.7 Å². The Balaban J connectivity index is 2.05. The van der Waals surface area contributed by atoms with Gasteiger partial charge in [-0.3, -0.25) is 9.36 Å². The number of hydrogen-bond donors (Lipinski definition) is 0. The van der Waals surface area contributed by atoms with E-state index in [0.717, 1.165) is 17.4 Å². The third-order valence-electron chi connectivity index (χ3n) is 6.23. The minimum Gasteiger partial charge on any atom is -0.402 e. The molecule has 2 aromatic carbocycles. The van der Waals surface area contributed by atoms with Gasteiger partial charge >= 0.3 is 0 Å². The van der Waals surface area contributed by atoms with E-state index in [2.05, 4.69) is 88.9 Å². The quantitative estimate of drug-likeness (QED) is 0.194. The van der Waals surface area contributed by atoms with E-state index in [9.17, 15) is 4.79 Å². The summed E-state index contributed by atoms with van der Waals surface area (Å²) in [5.41, 5.74) is 1.52. The minimum atomic E-state index is -2.05. The highest BCUT2D eigenvalue weighted by Crippen LogP contribution is 2.38. The number of imidazole rings is 1. The van der Waals surface area contributed by atoms with Gasteiger partial charge in [-0.2, -0.15) is 0 Å². The van der Waals surface area contributed by atoms with Crippen LogP contribution >= 0.6 is 0 Å². The van der Waals surface area contributed by atoms with Crippen molar-refractivity contribution in [3.63, 3.8) is 0 Å². The smallest absolute Gasteiger partial charge is 0.240 e. The van der Waals surface area contributed by atoms with E-state index in [-0.39, 0.29) is 17.3 Å². The second-order valence-corrected chi connectivity index (χ2v) is 19.8. The van der Waals surface area contributed by atoms with Gasteiger partial charge in [-0.15, -0.1) is 0 Å². The predicted molar refractivity (Wildman–Crippen MR) is 154 cm³/mol. The lowest BCUT2D eigenvalue weighted by Gasteiger charge is -2.35. The maximum absolute atomic E-state index is 12.6. The Kier molecular flexibility index (Phi) is 9.27. The topological polar surface area (TPSA) is 53.3 Å². The molecule has 1 unspecified atom stereocenters. The second kappa shape index (κ2) is 11.8. The maximum atomic E-state index is 12.6. The first kappa shape index (κ1) is 28.2. The van der Waals surface area contributed by atoms with Crippen molar-refractivity contribution in [1.82, 2.24) is 9.55 Å². The molecule has 3 rings (SSSR count). The van der Waals surface area contributed by atoms with Crippen LogP contribution in [-0.2, 0) is 15.9 Å². The number of carbonyl (C=O) groups is 1. The van der Waals surface area contributed by atoms with Gasteiger partial charge in [0.25, 0.3) is 0 Å². The van der Waals surface area contributed by atoms with Gasteiger partial charge < -0.3 is 9.16 Å². The van der Waals surface area contributed by atoms with E-state index in [1.54, 1.807) is 6.92 Å². The summed E-state index contributed by atoms with van der Waals surface area (Å²) in [7, 11) is -3.28. The van der Waals surface area contributed by atoms with E-state index in [1.165, 1.54) is 10.4 Å². The highest BCUT2D eigenvalue weighted by Gasteiger charge is 2.36. The first-order valence-electron chi connectivity index (χ1n) is 12.8. The van der Waals surface area contributed by atoms with Crippen molar-refractivity contribution in [2.75, 3.05) is 6.61 Å². The van der Waals surface area contributed by atoms with Gasteiger partial charge in [0.1, 0.15) is 6.73 Å². The van der Waals surface area contributed by atoms with E-state index >= 15 is 0 Å². The van der Waals surface area contributed by atoms with Crippen LogP contribution in [0.5, 0.6) is 0 Å². The molecule has 1 atom stereocenters. The van der Waals surface area contributed by atoms with Crippen LogP contribution < -0.4 is 10.4 Å². The van der Waals surface area contributed by atoms with Crippen LogP contribution in [0.25, 0.3) is 0 Å². The molecule has 0 amide bonds. The summed E-state index contributed by atoms with van der Waals surface area (Å²) in [6.07, 6.45) is -0.268.